The van der Waals surface area contributed by atoms with Crippen molar-refractivity contribution in [2.24, 2.45) is 5.92 Å². The van der Waals surface area contributed by atoms with E-state index >= 15 is 4.39 Å². The molecule has 1 fully saturated rings. The highest BCUT2D eigenvalue weighted by molar-refractivity contribution is 7.86. The molecule has 174 valence electrons. The Bertz CT molecular complexity index is 949. The van der Waals surface area contributed by atoms with Crippen LogP contribution >= 0.6 is 11.6 Å². The lowest BCUT2D eigenvalue weighted by molar-refractivity contribution is -0.0795. The predicted octanol–water partition coefficient (Wildman–Crippen LogP) is 5.08. The number of terminal acetylenes is 1. The standard InChI is InChI=1S/C20H19ClF2O4S.C2H6.C2H2/c21-12-1-3-13(4-2-12)28(25)20-8-10-26-17(7-9-24)14(20)11-27-19-16(23)6-5-15(22)18(19)20;2*1-2/h1-6,14,17,24H,7-11H2;1-2H3;1-2H/t14?,17-,20-,28?;;/m0../s1. The van der Waals surface area contributed by atoms with Gasteiger partial charge in [0.1, 0.15) is 5.82 Å². The Morgan fingerprint density at radius 2 is 1.78 bits per heavy atom. The quantitative estimate of drug-likeness (QED) is 0.615. The molecule has 0 saturated carbocycles. The lowest BCUT2D eigenvalue weighted by Crippen LogP contribution is -2.56. The van der Waals surface area contributed by atoms with Gasteiger partial charge in [-0.05, 0) is 49.2 Å². The molecule has 8 heteroatoms. The van der Waals surface area contributed by atoms with Gasteiger partial charge in [0.15, 0.2) is 11.6 Å². The van der Waals surface area contributed by atoms with Crippen molar-refractivity contribution >= 4 is 22.4 Å². The minimum Gasteiger partial charge on any atom is -0.490 e. The molecule has 4 nitrogen and oxygen atoms in total. The highest BCUT2D eigenvalue weighted by atomic mass is 35.5. The minimum atomic E-state index is -1.73. The van der Waals surface area contributed by atoms with E-state index in [4.69, 9.17) is 21.1 Å². The lowest BCUT2D eigenvalue weighted by atomic mass is 9.75. The number of aliphatic hydroxyl groups is 1. The van der Waals surface area contributed by atoms with Gasteiger partial charge in [-0.25, -0.2) is 8.78 Å². The first-order valence-electron chi connectivity index (χ1n) is 10.3. The molecule has 1 N–H and O–H groups in total. The molecule has 2 aromatic carbocycles. The molecule has 0 aromatic heterocycles. The molecule has 0 aliphatic carbocycles. The van der Waals surface area contributed by atoms with Crippen molar-refractivity contribution in [1.29, 1.82) is 0 Å². The summed E-state index contributed by atoms with van der Waals surface area (Å²) in [6.07, 6.45) is 8.05. The van der Waals surface area contributed by atoms with Crippen molar-refractivity contribution in [2.45, 2.75) is 42.4 Å². The Labute approximate surface area is 195 Å². The molecule has 4 atom stereocenters. The molecule has 4 rings (SSSR count). The molecule has 0 amide bonds. The van der Waals surface area contributed by atoms with Gasteiger partial charge in [-0.1, -0.05) is 25.4 Å². The van der Waals surface area contributed by atoms with E-state index in [-0.39, 0.29) is 37.6 Å². The van der Waals surface area contributed by atoms with E-state index < -0.39 is 39.2 Å². The van der Waals surface area contributed by atoms with Crippen molar-refractivity contribution in [3.63, 3.8) is 0 Å². The highest BCUT2D eigenvalue weighted by Gasteiger charge is 2.57. The van der Waals surface area contributed by atoms with Crippen LogP contribution in [0.5, 0.6) is 5.75 Å². The second-order valence-corrected chi connectivity index (χ2v) is 9.11. The maximum absolute atomic E-state index is 15.0. The molecule has 0 spiro atoms. The maximum atomic E-state index is 15.0. The van der Waals surface area contributed by atoms with Gasteiger partial charge in [0.25, 0.3) is 0 Å². The molecule has 32 heavy (non-hydrogen) atoms. The predicted molar refractivity (Wildman–Crippen MR) is 122 cm³/mol. The Morgan fingerprint density at radius 1 is 1.16 bits per heavy atom. The van der Waals surface area contributed by atoms with Crippen LogP contribution in [0, 0.1) is 30.4 Å². The van der Waals surface area contributed by atoms with Gasteiger partial charge in [0, 0.05) is 29.0 Å². The van der Waals surface area contributed by atoms with Gasteiger partial charge in [-0.15, -0.1) is 12.8 Å². The van der Waals surface area contributed by atoms with E-state index in [0.717, 1.165) is 12.1 Å². The molecule has 2 heterocycles. The zero-order chi connectivity index (χ0) is 23.9. The minimum absolute atomic E-state index is 0.0109. The first-order chi connectivity index (χ1) is 15.5. The first kappa shape index (κ1) is 26.3. The van der Waals surface area contributed by atoms with Gasteiger partial charge >= 0.3 is 0 Å². The number of hydrogen-bond acceptors (Lipinski definition) is 4. The molecular weight excluding hydrogens is 458 g/mol. The van der Waals surface area contributed by atoms with Crippen molar-refractivity contribution in [3.8, 4) is 18.6 Å². The zero-order valence-electron chi connectivity index (χ0n) is 18.0. The van der Waals surface area contributed by atoms with Crippen molar-refractivity contribution < 1.29 is 27.6 Å². The summed E-state index contributed by atoms with van der Waals surface area (Å²) >= 11 is 5.95. The third-order valence-electron chi connectivity index (χ3n) is 5.51. The van der Waals surface area contributed by atoms with Crippen LogP contribution in [0.2, 0.25) is 5.02 Å². The third kappa shape index (κ3) is 4.69. The summed E-state index contributed by atoms with van der Waals surface area (Å²) in [6, 6.07) is 8.55. The monoisotopic (exact) mass is 484 g/mol. The van der Waals surface area contributed by atoms with E-state index in [1.807, 2.05) is 13.8 Å². The zero-order valence-corrected chi connectivity index (χ0v) is 19.6. The van der Waals surface area contributed by atoms with Gasteiger partial charge in [0.2, 0.25) is 0 Å². The van der Waals surface area contributed by atoms with Crippen LogP contribution in [0.1, 0.15) is 32.3 Å². The molecule has 2 aliphatic heterocycles. The van der Waals surface area contributed by atoms with Gasteiger partial charge in [-0.2, -0.15) is 0 Å². The smallest absolute Gasteiger partial charge is 0.165 e. The van der Waals surface area contributed by atoms with Crippen molar-refractivity contribution in [3.05, 3.63) is 58.6 Å². The van der Waals surface area contributed by atoms with Crippen LogP contribution < -0.4 is 4.74 Å². The Morgan fingerprint density at radius 3 is 2.41 bits per heavy atom. The second kappa shape index (κ2) is 11.8. The fourth-order valence-electron chi connectivity index (χ4n) is 4.26. The first-order valence-corrected chi connectivity index (χ1v) is 11.9. The van der Waals surface area contributed by atoms with Crippen LogP contribution in [0.3, 0.4) is 0 Å². The summed E-state index contributed by atoms with van der Waals surface area (Å²) in [7, 11) is -1.73. The molecule has 1 saturated heterocycles. The highest BCUT2D eigenvalue weighted by Crippen LogP contribution is 2.54. The Balaban J connectivity index is 0.000000860. The largest absolute Gasteiger partial charge is 0.490 e. The van der Waals surface area contributed by atoms with Gasteiger partial charge in [0.05, 0.1) is 33.8 Å². The van der Waals surface area contributed by atoms with E-state index in [1.165, 1.54) is 0 Å². The average Bonchev–Trinajstić information content (AvgIpc) is 2.84. The van der Waals surface area contributed by atoms with Crippen LogP contribution in [-0.2, 0) is 20.3 Å². The summed E-state index contributed by atoms with van der Waals surface area (Å²) in [5.41, 5.74) is -0.0109. The average molecular weight is 485 g/mol. The van der Waals surface area contributed by atoms with Gasteiger partial charge in [-0.3, -0.25) is 4.21 Å². The number of halogens is 3. The number of fused-ring (bicyclic) bond motifs is 3. The molecule has 0 bridgehead atoms. The Hall–Kier alpha value is -1.98. The summed E-state index contributed by atoms with van der Waals surface area (Å²) in [6.45, 7) is 4.11. The fraction of sp³-hybridized carbons (Fsp3) is 0.417. The van der Waals surface area contributed by atoms with Crippen LogP contribution in [0.4, 0.5) is 8.78 Å². The van der Waals surface area contributed by atoms with Crippen LogP contribution in [-0.4, -0.2) is 35.2 Å². The SMILES string of the molecule is C#C.CC.O=S(c1ccc(Cl)cc1)[C@@]12CCO[C@@H](CCO)C1COc1c(F)ccc(F)c12. The number of hydrogen-bond donors (Lipinski definition) is 1. The number of benzene rings is 2. The number of aliphatic hydroxyl groups excluding tert-OH is 1. The van der Waals surface area contributed by atoms with Crippen LogP contribution in [0.25, 0.3) is 0 Å². The van der Waals surface area contributed by atoms with Gasteiger partial charge < -0.3 is 14.6 Å². The maximum Gasteiger partial charge on any atom is 0.165 e. The normalized spacial score (nSPS) is 24.2. The summed E-state index contributed by atoms with van der Waals surface area (Å²) < 4.78 is 53.5. The van der Waals surface area contributed by atoms with E-state index in [0.29, 0.717) is 16.3 Å². The van der Waals surface area contributed by atoms with E-state index in [2.05, 4.69) is 12.8 Å². The fourth-order valence-corrected chi connectivity index (χ4v) is 6.33. The van der Waals surface area contributed by atoms with Crippen molar-refractivity contribution in [2.75, 3.05) is 19.8 Å². The lowest BCUT2D eigenvalue weighted by Gasteiger charge is -2.50. The Kier molecular flexibility index (Phi) is 9.65. The summed E-state index contributed by atoms with van der Waals surface area (Å²) in [5.74, 6) is -2.04. The molecule has 2 aliphatic rings. The number of ether oxygens (including phenoxy) is 2. The summed E-state index contributed by atoms with van der Waals surface area (Å²) in [4.78, 5) is 0.468. The molecule has 2 aromatic rings. The molecular formula is C24H27ClF2O4S. The molecule has 0 radical (unpaired) electrons. The van der Waals surface area contributed by atoms with E-state index in [9.17, 15) is 13.7 Å². The second-order valence-electron chi connectivity index (χ2n) is 6.93. The third-order valence-corrected chi connectivity index (χ3v) is 7.84. The molecule has 2 unspecified atom stereocenters. The van der Waals surface area contributed by atoms with Crippen LogP contribution in [0.15, 0.2) is 41.3 Å². The topological polar surface area (TPSA) is 55.8 Å². The number of rotatable bonds is 4. The van der Waals surface area contributed by atoms with Crippen molar-refractivity contribution in [1.82, 2.24) is 0 Å². The summed E-state index contributed by atoms with van der Waals surface area (Å²) in [5, 5.41) is 9.92. The van der Waals surface area contributed by atoms with E-state index in [1.54, 1.807) is 24.3 Å².